The summed E-state index contributed by atoms with van der Waals surface area (Å²) in [6, 6.07) is 32.5. The number of aromatic hydroxyl groups is 1. The normalized spacial score (nSPS) is 12.2. The third-order valence-electron chi connectivity index (χ3n) is 6.96. The monoisotopic (exact) mass is 447 g/mol. The fourth-order valence-electron chi connectivity index (χ4n) is 4.71. The summed E-state index contributed by atoms with van der Waals surface area (Å²) >= 11 is 0. The van der Waals surface area contributed by atoms with E-state index >= 15 is 0 Å². The molecule has 0 aliphatic heterocycles. The highest BCUT2D eigenvalue weighted by molar-refractivity contribution is 5.73. The Bertz CT molecular complexity index is 1430. The van der Waals surface area contributed by atoms with E-state index < -0.39 is 5.41 Å². The lowest BCUT2D eigenvalue weighted by Crippen LogP contribution is -2.23. The molecule has 0 fully saturated rings. The van der Waals surface area contributed by atoms with Crippen LogP contribution in [0.1, 0.15) is 49.9 Å². The number of nitrogens with zero attached hydrogens (tertiary/aromatic N) is 3. The first-order valence-corrected chi connectivity index (χ1v) is 11.6. The summed E-state index contributed by atoms with van der Waals surface area (Å²) in [5.41, 5.74) is 5.90. The molecule has 4 aromatic carbocycles. The van der Waals surface area contributed by atoms with Gasteiger partial charge in [-0.25, -0.2) is 0 Å². The molecule has 1 aromatic heterocycles. The molecule has 0 spiro atoms. The van der Waals surface area contributed by atoms with E-state index in [1.807, 2.05) is 72.8 Å². The number of aromatic nitrogens is 3. The van der Waals surface area contributed by atoms with Crippen molar-refractivity contribution in [1.29, 1.82) is 0 Å². The van der Waals surface area contributed by atoms with Crippen molar-refractivity contribution < 1.29 is 5.11 Å². The number of phenolic OH excluding ortho intramolecular Hbond substituents is 1. The highest BCUT2D eigenvalue weighted by Gasteiger charge is 2.32. The second-order valence-corrected chi connectivity index (χ2v) is 9.85. The zero-order valence-electron chi connectivity index (χ0n) is 20.0. The second kappa shape index (κ2) is 8.14. The van der Waals surface area contributed by atoms with Crippen LogP contribution >= 0.6 is 0 Å². The quantitative estimate of drug-likeness (QED) is 0.323. The van der Waals surface area contributed by atoms with E-state index in [4.69, 9.17) is 0 Å². The van der Waals surface area contributed by atoms with E-state index in [-0.39, 0.29) is 5.41 Å². The molecule has 4 heteroatoms. The molecule has 4 nitrogen and oxygen atoms in total. The zero-order valence-corrected chi connectivity index (χ0v) is 20.0. The van der Waals surface area contributed by atoms with Crippen molar-refractivity contribution in [3.63, 3.8) is 0 Å². The van der Waals surface area contributed by atoms with Gasteiger partial charge in [-0.15, -0.1) is 10.2 Å². The average molecular weight is 448 g/mol. The molecule has 0 bridgehead atoms. The van der Waals surface area contributed by atoms with Crippen molar-refractivity contribution in [3.05, 3.63) is 119 Å². The van der Waals surface area contributed by atoms with Gasteiger partial charge in [-0.05, 0) is 35.4 Å². The molecule has 0 aliphatic carbocycles. The molecule has 0 saturated heterocycles. The lowest BCUT2D eigenvalue weighted by atomic mass is 9.72. The van der Waals surface area contributed by atoms with Crippen LogP contribution in [0.25, 0.3) is 16.7 Å². The van der Waals surface area contributed by atoms with Crippen molar-refractivity contribution >= 4 is 11.0 Å². The number of hydrogen-bond donors (Lipinski definition) is 1. The molecule has 170 valence electrons. The molecule has 0 atom stereocenters. The van der Waals surface area contributed by atoms with Crippen molar-refractivity contribution in [1.82, 2.24) is 15.0 Å². The van der Waals surface area contributed by atoms with Crippen molar-refractivity contribution in [2.45, 2.75) is 38.5 Å². The predicted molar refractivity (Wildman–Crippen MR) is 138 cm³/mol. The molecule has 5 rings (SSSR count). The molecular formula is C30H29N3O. The number of benzene rings is 4. The minimum Gasteiger partial charge on any atom is -0.507 e. The smallest absolute Gasteiger partial charge is 0.123 e. The van der Waals surface area contributed by atoms with Gasteiger partial charge >= 0.3 is 0 Å². The standard InChI is InChI=1S/C30H29N3O/c1-29(2,21-12-6-5-7-13-21)24-16-11-17-25(28(24)34)30(3,4)22-14-10-15-23(20-22)33-31-26-18-8-9-19-27(26)32-33/h5-20,34H,1-4H3. The maximum absolute atomic E-state index is 11.5. The first-order chi connectivity index (χ1) is 16.3. The third kappa shape index (κ3) is 3.65. The SMILES string of the molecule is CC(C)(c1ccccc1)c1cccc(C(C)(C)c2cccc(-n3nc4ccccc4n3)c2)c1O. The third-order valence-corrected chi connectivity index (χ3v) is 6.96. The van der Waals surface area contributed by atoms with Crippen LogP contribution in [0.3, 0.4) is 0 Å². The van der Waals surface area contributed by atoms with Gasteiger partial charge in [0.15, 0.2) is 0 Å². The largest absolute Gasteiger partial charge is 0.507 e. The number of rotatable bonds is 5. The van der Waals surface area contributed by atoms with Gasteiger partial charge in [-0.2, -0.15) is 4.80 Å². The molecule has 0 radical (unpaired) electrons. The Morgan fingerprint density at radius 3 is 1.71 bits per heavy atom. The van der Waals surface area contributed by atoms with Gasteiger partial charge in [0.2, 0.25) is 0 Å². The lowest BCUT2D eigenvalue weighted by Gasteiger charge is -2.32. The van der Waals surface area contributed by atoms with Crippen molar-refractivity contribution in [2.24, 2.45) is 0 Å². The number of hydrogen-bond acceptors (Lipinski definition) is 3. The van der Waals surface area contributed by atoms with Crippen LogP contribution in [0.4, 0.5) is 0 Å². The predicted octanol–water partition coefficient (Wildman–Crippen LogP) is 6.78. The summed E-state index contributed by atoms with van der Waals surface area (Å²) in [7, 11) is 0. The van der Waals surface area contributed by atoms with Crippen LogP contribution in [0.2, 0.25) is 0 Å². The number of phenols is 1. The molecule has 5 aromatic rings. The van der Waals surface area contributed by atoms with Crippen LogP contribution < -0.4 is 0 Å². The summed E-state index contributed by atoms with van der Waals surface area (Å²) in [6.07, 6.45) is 0. The van der Waals surface area contributed by atoms with E-state index in [2.05, 4.69) is 62.2 Å². The van der Waals surface area contributed by atoms with Gasteiger partial charge in [0.05, 0.1) is 5.69 Å². The van der Waals surface area contributed by atoms with Gasteiger partial charge in [-0.1, -0.05) is 100 Å². The summed E-state index contributed by atoms with van der Waals surface area (Å²) in [5.74, 6) is 0.342. The lowest BCUT2D eigenvalue weighted by molar-refractivity contribution is 0.433. The first kappa shape index (κ1) is 21.9. The molecule has 0 saturated carbocycles. The minimum absolute atomic E-state index is 0.335. The molecule has 1 heterocycles. The van der Waals surface area contributed by atoms with E-state index in [9.17, 15) is 5.11 Å². The Morgan fingerprint density at radius 2 is 1.09 bits per heavy atom. The summed E-state index contributed by atoms with van der Waals surface area (Å²) in [5, 5.41) is 20.8. The number of fused-ring (bicyclic) bond motifs is 1. The minimum atomic E-state index is -0.435. The van der Waals surface area contributed by atoms with Gasteiger partial charge in [0.25, 0.3) is 0 Å². The Morgan fingerprint density at radius 1 is 0.588 bits per heavy atom. The van der Waals surface area contributed by atoms with Gasteiger partial charge in [0, 0.05) is 22.0 Å². The number of para-hydroxylation sites is 1. The van der Waals surface area contributed by atoms with Gasteiger partial charge in [-0.3, -0.25) is 0 Å². The van der Waals surface area contributed by atoms with Crippen LogP contribution in [-0.4, -0.2) is 20.1 Å². The molecule has 0 aliphatic rings. The molecule has 0 amide bonds. The highest BCUT2D eigenvalue weighted by Crippen LogP contribution is 2.44. The Kier molecular flexibility index (Phi) is 5.24. The topological polar surface area (TPSA) is 50.9 Å². The average Bonchev–Trinajstić information content (AvgIpc) is 3.29. The Balaban J connectivity index is 1.57. The van der Waals surface area contributed by atoms with E-state index in [1.165, 1.54) is 5.56 Å². The van der Waals surface area contributed by atoms with E-state index in [1.54, 1.807) is 4.80 Å². The Labute approximate surface area is 200 Å². The molecule has 1 N–H and O–H groups in total. The molecule has 0 unspecified atom stereocenters. The second-order valence-electron chi connectivity index (χ2n) is 9.85. The fourth-order valence-corrected chi connectivity index (χ4v) is 4.71. The highest BCUT2D eigenvalue weighted by atomic mass is 16.3. The molecular weight excluding hydrogens is 418 g/mol. The Hall–Kier alpha value is -3.92. The summed E-state index contributed by atoms with van der Waals surface area (Å²) in [6.45, 7) is 8.60. The summed E-state index contributed by atoms with van der Waals surface area (Å²) < 4.78 is 0. The van der Waals surface area contributed by atoms with Crippen molar-refractivity contribution in [3.8, 4) is 11.4 Å². The van der Waals surface area contributed by atoms with Crippen LogP contribution in [-0.2, 0) is 10.8 Å². The fraction of sp³-hybridized carbons (Fsp3) is 0.200. The maximum atomic E-state index is 11.5. The zero-order chi connectivity index (χ0) is 23.9. The molecule has 34 heavy (non-hydrogen) atoms. The first-order valence-electron chi connectivity index (χ1n) is 11.6. The van der Waals surface area contributed by atoms with E-state index in [0.29, 0.717) is 5.75 Å². The van der Waals surface area contributed by atoms with Gasteiger partial charge in [0.1, 0.15) is 16.8 Å². The van der Waals surface area contributed by atoms with Crippen LogP contribution in [0, 0.1) is 0 Å². The summed E-state index contributed by atoms with van der Waals surface area (Å²) in [4.78, 5) is 1.68. The van der Waals surface area contributed by atoms with Crippen LogP contribution in [0.5, 0.6) is 5.75 Å². The maximum Gasteiger partial charge on any atom is 0.123 e. The van der Waals surface area contributed by atoms with Gasteiger partial charge < -0.3 is 5.11 Å². The van der Waals surface area contributed by atoms with Crippen molar-refractivity contribution in [2.75, 3.05) is 0 Å². The van der Waals surface area contributed by atoms with Crippen LogP contribution in [0.15, 0.2) is 97.1 Å². The van der Waals surface area contributed by atoms with E-state index in [0.717, 1.165) is 33.4 Å².